The van der Waals surface area contributed by atoms with Crippen LogP contribution in [0.2, 0.25) is 0 Å². The molecule has 0 radical (unpaired) electrons. The third-order valence-electron chi connectivity index (χ3n) is 11.7. The number of aliphatic hydroxyl groups is 2. The average molecular weight is 968 g/mol. The summed E-state index contributed by atoms with van der Waals surface area (Å²) >= 11 is 0. The number of aromatic nitrogens is 2. The van der Waals surface area contributed by atoms with Crippen molar-refractivity contribution in [2.75, 3.05) is 32.2 Å². The van der Waals surface area contributed by atoms with Crippen LogP contribution < -0.4 is 11.4 Å². The Bertz CT molecular complexity index is 1520. The fraction of sp³-hybridized carbons (Fsp3) is 0.891. The van der Waals surface area contributed by atoms with Gasteiger partial charge in [-0.05, 0) is 18.9 Å². The van der Waals surface area contributed by atoms with Crippen LogP contribution in [0.4, 0.5) is 5.82 Å². The van der Waals surface area contributed by atoms with E-state index in [-0.39, 0.29) is 18.8 Å². The van der Waals surface area contributed by atoms with Crippen LogP contribution in [0.15, 0.2) is 17.1 Å². The molecular weight excluding hydrogens is 880 g/mol. The molecule has 6 N–H and O–H groups in total. The second-order valence-corrected chi connectivity index (χ2v) is 20.7. The molecule has 19 heteroatoms. The average Bonchev–Trinajstić information content (AvgIpc) is 3.54. The molecule has 1 fully saturated rings. The molecule has 3 unspecified atom stereocenters. The van der Waals surface area contributed by atoms with Crippen molar-refractivity contribution in [3.05, 3.63) is 22.7 Å². The lowest BCUT2D eigenvalue weighted by molar-refractivity contribution is -0.154. The Hall–Kier alpha value is -1.75. The molecule has 0 saturated carbocycles. The van der Waals surface area contributed by atoms with Crippen molar-refractivity contribution in [1.82, 2.24) is 9.55 Å². The molecule has 17 nitrogen and oxygen atoms in total. The van der Waals surface area contributed by atoms with Gasteiger partial charge >= 0.3 is 27.3 Å². The number of unbranched alkanes of at least 4 members (excludes halogenated alkanes) is 27. The van der Waals surface area contributed by atoms with Crippen molar-refractivity contribution in [2.24, 2.45) is 0 Å². The van der Waals surface area contributed by atoms with Crippen molar-refractivity contribution in [1.29, 1.82) is 0 Å². The number of anilines is 1. The van der Waals surface area contributed by atoms with E-state index in [0.717, 1.165) is 49.5 Å². The normalized spacial score (nSPS) is 19.8. The quantitative estimate of drug-likeness (QED) is 0.0232. The van der Waals surface area contributed by atoms with Gasteiger partial charge in [-0.3, -0.25) is 18.4 Å². The molecule has 1 saturated heterocycles. The second-order valence-electron chi connectivity index (χ2n) is 17.7. The number of ether oxygens (including phenoxy) is 3. The number of nitrogen functional groups attached to an aromatic ring is 1. The Balaban J connectivity index is 1.76. The topological polar surface area (TPSA) is 248 Å². The van der Waals surface area contributed by atoms with E-state index in [9.17, 15) is 38.7 Å². The highest BCUT2D eigenvalue weighted by atomic mass is 31.3. The summed E-state index contributed by atoms with van der Waals surface area (Å²) in [5.74, 6) is -0.606. The number of aliphatic hydroxyl groups excluding tert-OH is 2. The highest BCUT2D eigenvalue weighted by Crippen LogP contribution is 2.60. The Morgan fingerprint density at radius 2 is 1.14 bits per heavy atom. The number of nitrogens with two attached hydrogens (primary N) is 1. The molecule has 0 aliphatic carbocycles. The minimum absolute atomic E-state index is 0.0826. The summed E-state index contributed by atoms with van der Waals surface area (Å²) in [4.78, 5) is 49.2. The molecule has 0 aromatic carbocycles. The van der Waals surface area contributed by atoms with Gasteiger partial charge in [0.15, 0.2) is 6.23 Å². The maximum atomic E-state index is 12.8. The van der Waals surface area contributed by atoms with Gasteiger partial charge in [0.25, 0.3) is 0 Å². The second kappa shape index (κ2) is 36.3. The lowest BCUT2D eigenvalue weighted by Gasteiger charge is -2.21. The van der Waals surface area contributed by atoms with Crippen LogP contribution in [0.25, 0.3) is 0 Å². The monoisotopic (exact) mass is 968 g/mol. The number of rotatable bonds is 43. The molecular formula is C46H87N3O14P2. The van der Waals surface area contributed by atoms with Gasteiger partial charge in [0.05, 0.1) is 19.8 Å². The van der Waals surface area contributed by atoms with Crippen LogP contribution in [-0.2, 0) is 41.5 Å². The van der Waals surface area contributed by atoms with Crippen LogP contribution >= 0.6 is 15.6 Å². The Morgan fingerprint density at radius 1 is 0.692 bits per heavy atom. The number of carbonyl (C=O) groups is 1. The SMILES string of the molecule is CCCCCCCCCCCCCCCCCCOCC(COP(=O)(O)OP(=O)(O)OC[C@H]1O[C@@H](n2ccc(N)nc2=O)[C@@H](O)[C@@H]1O)OC(=O)CCCCCCCCCCCCCCC. The molecule has 2 heterocycles. The minimum atomic E-state index is -5.35. The molecule has 0 amide bonds. The zero-order valence-corrected chi connectivity index (χ0v) is 41.6. The first-order chi connectivity index (χ1) is 31.3. The lowest BCUT2D eigenvalue weighted by atomic mass is 10.0. The van der Waals surface area contributed by atoms with E-state index >= 15 is 0 Å². The summed E-state index contributed by atoms with van der Waals surface area (Å²) in [5, 5.41) is 20.9. The molecule has 65 heavy (non-hydrogen) atoms. The molecule has 1 aliphatic heterocycles. The predicted molar refractivity (Wildman–Crippen MR) is 252 cm³/mol. The van der Waals surface area contributed by atoms with E-state index in [4.69, 9.17) is 29.0 Å². The number of hydrogen-bond acceptors (Lipinski definition) is 14. The summed E-state index contributed by atoms with van der Waals surface area (Å²) in [5.41, 5.74) is 4.62. The summed E-state index contributed by atoms with van der Waals surface area (Å²) in [6.45, 7) is 3.15. The fourth-order valence-electron chi connectivity index (χ4n) is 7.85. The number of carbonyl (C=O) groups excluding carboxylic acids is 1. The first kappa shape index (κ1) is 59.4. The Kier molecular flexibility index (Phi) is 33.1. The highest BCUT2D eigenvalue weighted by Gasteiger charge is 2.46. The van der Waals surface area contributed by atoms with Crippen molar-refractivity contribution in [2.45, 2.75) is 237 Å². The largest absolute Gasteiger partial charge is 0.481 e. The van der Waals surface area contributed by atoms with Crippen LogP contribution in [-0.4, -0.2) is 86.4 Å². The van der Waals surface area contributed by atoms with E-state index in [1.165, 1.54) is 147 Å². The van der Waals surface area contributed by atoms with E-state index in [2.05, 4.69) is 23.1 Å². The Morgan fingerprint density at radius 3 is 1.62 bits per heavy atom. The van der Waals surface area contributed by atoms with Gasteiger partial charge in [0, 0.05) is 19.2 Å². The van der Waals surface area contributed by atoms with Crippen LogP contribution in [0.1, 0.15) is 213 Å². The maximum absolute atomic E-state index is 12.8. The number of esters is 1. The Labute approximate surface area is 389 Å². The molecule has 7 atom stereocenters. The summed E-state index contributed by atoms with van der Waals surface area (Å²) in [6, 6.07) is 1.27. The molecule has 380 valence electrons. The highest BCUT2D eigenvalue weighted by molar-refractivity contribution is 7.61. The molecule has 2 rings (SSSR count). The van der Waals surface area contributed by atoms with Gasteiger partial charge in [-0.25, -0.2) is 13.9 Å². The van der Waals surface area contributed by atoms with Crippen molar-refractivity contribution in [3.63, 3.8) is 0 Å². The summed E-state index contributed by atoms with van der Waals surface area (Å²) < 4.78 is 57.5. The summed E-state index contributed by atoms with van der Waals surface area (Å²) in [7, 11) is -10.7. The van der Waals surface area contributed by atoms with Crippen molar-refractivity contribution < 1.29 is 61.5 Å². The van der Waals surface area contributed by atoms with E-state index in [1.807, 2.05) is 0 Å². The number of nitrogens with zero attached hydrogens (tertiary/aromatic N) is 2. The molecule has 0 spiro atoms. The molecule has 1 aromatic heterocycles. The van der Waals surface area contributed by atoms with Gasteiger partial charge in [0.2, 0.25) is 0 Å². The van der Waals surface area contributed by atoms with E-state index < -0.39 is 71.2 Å². The van der Waals surface area contributed by atoms with Gasteiger partial charge in [0.1, 0.15) is 30.2 Å². The number of hydrogen-bond donors (Lipinski definition) is 5. The van der Waals surface area contributed by atoms with Crippen LogP contribution in [0.3, 0.4) is 0 Å². The predicted octanol–water partition coefficient (Wildman–Crippen LogP) is 10.4. The standard InChI is InChI=1S/C46H87N3O14P2/c1-3-5-7-9-11-13-15-17-18-19-21-23-25-27-29-31-35-58-36-39(61-42(50)32-30-28-26-24-22-20-16-14-12-10-8-6-4-2)37-59-64(54,55)63-65(56,57)60-38-40-43(51)44(52)45(62-40)49-34-33-41(47)48-46(49)53/h33-34,39-40,43-45,51-52H,3-32,35-38H2,1-2H3,(H,54,55)(H,56,57)(H2,47,48,53)/t39?,40-,43-,44+,45-/m1/s1. The van der Waals surface area contributed by atoms with Crippen LogP contribution in [0.5, 0.6) is 0 Å². The first-order valence-electron chi connectivity index (χ1n) is 25.1. The zero-order chi connectivity index (χ0) is 47.6. The van der Waals surface area contributed by atoms with Gasteiger partial charge in [-0.15, -0.1) is 0 Å². The minimum Gasteiger partial charge on any atom is -0.457 e. The van der Waals surface area contributed by atoms with Gasteiger partial charge in [-0.2, -0.15) is 9.29 Å². The van der Waals surface area contributed by atoms with Gasteiger partial charge < -0.3 is 39.9 Å². The third-order valence-corrected chi connectivity index (χ3v) is 14.3. The molecule has 1 aliphatic rings. The smallest absolute Gasteiger partial charge is 0.457 e. The van der Waals surface area contributed by atoms with Crippen molar-refractivity contribution >= 4 is 27.4 Å². The number of phosphoric ester groups is 2. The van der Waals surface area contributed by atoms with Crippen LogP contribution in [0, 0.1) is 0 Å². The number of phosphoric acid groups is 2. The molecule has 1 aromatic rings. The summed E-state index contributed by atoms with van der Waals surface area (Å²) in [6.07, 6.45) is 28.9. The van der Waals surface area contributed by atoms with E-state index in [1.54, 1.807) is 0 Å². The maximum Gasteiger partial charge on any atom is 0.481 e. The first-order valence-corrected chi connectivity index (χ1v) is 28.1. The molecule has 0 bridgehead atoms. The van der Waals surface area contributed by atoms with Gasteiger partial charge in [-0.1, -0.05) is 187 Å². The zero-order valence-electron chi connectivity index (χ0n) is 39.8. The fourth-order valence-corrected chi connectivity index (χ4v) is 9.96. The lowest BCUT2D eigenvalue weighted by Crippen LogP contribution is -2.36. The van der Waals surface area contributed by atoms with Crippen molar-refractivity contribution in [3.8, 4) is 0 Å². The van der Waals surface area contributed by atoms with E-state index in [0.29, 0.717) is 13.0 Å². The third kappa shape index (κ3) is 29.0.